The molecule has 182 valence electrons. The molecule has 5 nitrogen and oxygen atoms in total. The van der Waals surface area contributed by atoms with Crippen molar-refractivity contribution in [2.75, 3.05) is 19.8 Å². The van der Waals surface area contributed by atoms with Gasteiger partial charge in [-0.05, 0) is 68.5 Å². The average molecular weight is 471 g/mol. The molecule has 0 aromatic heterocycles. The fourth-order valence-electron chi connectivity index (χ4n) is 5.31. The van der Waals surface area contributed by atoms with Crippen LogP contribution in [0.4, 0.5) is 0 Å². The quantitative estimate of drug-likeness (QED) is 0.546. The number of nitrogens with zero attached hydrogens (tertiary/aromatic N) is 1. The van der Waals surface area contributed by atoms with Crippen LogP contribution in [0.25, 0.3) is 0 Å². The lowest BCUT2D eigenvalue weighted by Gasteiger charge is -2.40. The third-order valence-electron chi connectivity index (χ3n) is 6.96. The summed E-state index contributed by atoms with van der Waals surface area (Å²) in [7, 11) is 0. The first-order valence-corrected chi connectivity index (χ1v) is 12.6. The fraction of sp³-hybridized carbons (Fsp3) is 0.367. The van der Waals surface area contributed by atoms with Gasteiger partial charge in [0, 0.05) is 30.7 Å². The van der Waals surface area contributed by atoms with Crippen molar-refractivity contribution in [2.24, 2.45) is 0 Å². The molecular formula is C30H34N2O3. The molecule has 2 aliphatic rings. The van der Waals surface area contributed by atoms with Gasteiger partial charge in [0.15, 0.2) is 11.5 Å². The van der Waals surface area contributed by atoms with Crippen LogP contribution in [0.15, 0.2) is 66.7 Å². The predicted octanol–water partition coefficient (Wildman–Crippen LogP) is 5.08. The van der Waals surface area contributed by atoms with Crippen molar-refractivity contribution in [2.45, 2.75) is 51.7 Å². The van der Waals surface area contributed by atoms with Gasteiger partial charge in [-0.25, -0.2) is 0 Å². The monoisotopic (exact) mass is 470 g/mol. The van der Waals surface area contributed by atoms with Crippen molar-refractivity contribution in [3.8, 4) is 11.5 Å². The highest BCUT2D eigenvalue weighted by atomic mass is 16.6. The highest BCUT2D eigenvalue weighted by molar-refractivity contribution is 5.95. The fourth-order valence-corrected chi connectivity index (χ4v) is 5.31. The van der Waals surface area contributed by atoms with E-state index in [-0.39, 0.29) is 11.9 Å². The van der Waals surface area contributed by atoms with Crippen molar-refractivity contribution in [3.63, 3.8) is 0 Å². The lowest BCUT2D eigenvalue weighted by Crippen LogP contribution is -2.51. The molecule has 35 heavy (non-hydrogen) atoms. The molecule has 0 unspecified atom stereocenters. The minimum Gasteiger partial charge on any atom is -0.486 e. The number of aryl methyl sites for hydroxylation is 2. The van der Waals surface area contributed by atoms with Crippen LogP contribution in [0.3, 0.4) is 0 Å². The summed E-state index contributed by atoms with van der Waals surface area (Å²) in [5.41, 5.74) is 5.50. The van der Waals surface area contributed by atoms with Crippen LogP contribution in [0, 0.1) is 13.8 Å². The van der Waals surface area contributed by atoms with E-state index in [1.54, 1.807) is 0 Å². The smallest absolute Gasteiger partial charge is 0.254 e. The third-order valence-corrected chi connectivity index (χ3v) is 6.96. The standard InChI is InChI=1S/C30H34N2O3/c1-21-14-22(2)16-25(15-21)30(33)32-11-10-26(19-27(32)17-23-6-4-3-5-7-23)31-20-24-8-9-28-29(18-24)35-13-12-34-28/h3-9,14-16,18,26-27,31H,10-13,17,19-20H2,1-2H3/t26-,27-/m0/s1. The number of ether oxygens (including phenoxy) is 2. The van der Waals surface area contributed by atoms with Crippen LogP contribution in [-0.4, -0.2) is 42.6 Å². The van der Waals surface area contributed by atoms with E-state index in [9.17, 15) is 4.79 Å². The number of hydrogen-bond donors (Lipinski definition) is 1. The first kappa shape index (κ1) is 23.4. The number of nitrogens with one attached hydrogen (secondary N) is 1. The number of carbonyl (C=O) groups excluding carboxylic acids is 1. The van der Waals surface area contributed by atoms with Gasteiger partial charge in [0.1, 0.15) is 13.2 Å². The number of benzene rings is 3. The summed E-state index contributed by atoms with van der Waals surface area (Å²) in [5.74, 6) is 1.79. The Balaban J connectivity index is 1.29. The summed E-state index contributed by atoms with van der Waals surface area (Å²) in [6.07, 6.45) is 2.72. The molecule has 2 aliphatic heterocycles. The largest absolute Gasteiger partial charge is 0.486 e. The molecule has 1 N–H and O–H groups in total. The lowest BCUT2D eigenvalue weighted by molar-refractivity contribution is 0.0576. The molecule has 3 aromatic carbocycles. The Morgan fingerprint density at radius 2 is 1.66 bits per heavy atom. The highest BCUT2D eigenvalue weighted by Crippen LogP contribution is 2.31. The number of likely N-dealkylation sites (tertiary alicyclic amines) is 1. The molecule has 0 saturated carbocycles. The Morgan fingerprint density at radius 1 is 0.914 bits per heavy atom. The molecule has 1 fully saturated rings. The SMILES string of the molecule is Cc1cc(C)cc(C(=O)N2CC[C@H](NCc3ccc4c(c3)OCCO4)C[C@@H]2Cc2ccccc2)c1. The number of amides is 1. The Bertz CT molecular complexity index is 1160. The van der Waals surface area contributed by atoms with Crippen LogP contribution in [0.1, 0.15) is 45.5 Å². The second-order valence-corrected chi connectivity index (χ2v) is 9.80. The number of hydrogen-bond acceptors (Lipinski definition) is 4. The number of piperidine rings is 1. The molecule has 2 atom stereocenters. The molecule has 0 aliphatic carbocycles. The van der Waals surface area contributed by atoms with Gasteiger partial charge >= 0.3 is 0 Å². The molecule has 5 heteroatoms. The average Bonchev–Trinajstić information content (AvgIpc) is 2.87. The molecule has 0 spiro atoms. The Kier molecular flexibility index (Phi) is 7.05. The van der Waals surface area contributed by atoms with Crippen LogP contribution in [0.5, 0.6) is 11.5 Å². The minimum atomic E-state index is 0.142. The van der Waals surface area contributed by atoms with Crippen LogP contribution in [0.2, 0.25) is 0 Å². The van der Waals surface area contributed by atoms with E-state index in [1.807, 2.05) is 24.3 Å². The maximum Gasteiger partial charge on any atom is 0.254 e. The van der Waals surface area contributed by atoms with Gasteiger partial charge in [0.2, 0.25) is 0 Å². The van der Waals surface area contributed by atoms with Gasteiger partial charge in [-0.3, -0.25) is 4.79 Å². The van der Waals surface area contributed by atoms with Crippen molar-refractivity contribution in [1.82, 2.24) is 10.2 Å². The summed E-state index contributed by atoms with van der Waals surface area (Å²) < 4.78 is 11.4. The second kappa shape index (κ2) is 10.5. The molecule has 3 aromatic rings. The number of fused-ring (bicyclic) bond motifs is 1. The molecule has 0 radical (unpaired) electrons. The second-order valence-electron chi connectivity index (χ2n) is 9.80. The van der Waals surface area contributed by atoms with E-state index in [2.05, 4.69) is 66.5 Å². The van der Waals surface area contributed by atoms with E-state index >= 15 is 0 Å². The van der Waals surface area contributed by atoms with Crippen LogP contribution in [-0.2, 0) is 13.0 Å². The van der Waals surface area contributed by atoms with Crippen LogP contribution < -0.4 is 14.8 Å². The topological polar surface area (TPSA) is 50.8 Å². The van der Waals surface area contributed by atoms with Crippen molar-refractivity contribution in [1.29, 1.82) is 0 Å². The van der Waals surface area contributed by atoms with Crippen molar-refractivity contribution in [3.05, 3.63) is 94.5 Å². The zero-order valence-electron chi connectivity index (χ0n) is 20.6. The summed E-state index contributed by atoms with van der Waals surface area (Å²) in [6.45, 7) is 6.83. The summed E-state index contributed by atoms with van der Waals surface area (Å²) >= 11 is 0. The van der Waals surface area contributed by atoms with Gasteiger partial charge in [-0.2, -0.15) is 0 Å². The molecule has 5 rings (SSSR count). The van der Waals surface area contributed by atoms with Gasteiger partial charge in [-0.1, -0.05) is 53.6 Å². The zero-order chi connectivity index (χ0) is 24.2. The van der Waals surface area contributed by atoms with E-state index in [0.29, 0.717) is 19.3 Å². The van der Waals surface area contributed by atoms with Gasteiger partial charge in [-0.15, -0.1) is 0 Å². The Labute approximate surface area is 208 Å². The minimum absolute atomic E-state index is 0.142. The Morgan fingerprint density at radius 3 is 2.43 bits per heavy atom. The van der Waals surface area contributed by atoms with E-state index < -0.39 is 0 Å². The number of rotatable bonds is 6. The van der Waals surface area contributed by atoms with E-state index in [0.717, 1.165) is 60.5 Å². The zero-order valence-corrected chi connectivity index (χ0v) is 20.6. The molecule has 1 amide bonds. The van der Waals surface area contributed by atoms with Crippen LogP contribution >= 0.6 is 0 Å². The van der Waals surface area contributed by atoms with E-state index in [1.165, 1.54) is 11.1 Å². The highest BCUT2D eigenvalue weighted by Gasteiger charge is 2.32. The third kappa shape index (κ3) is 5.68. The summed E-state index contributed by atoms with van der Waals surface area (Å²) in [5, 5.41) is 3.74. The van der Waals surface area contributed by atoms with Gasteiger partial charge in [0.05, 0.1) is 0 Å². The van der Waals surface area contributed by atoms with Gasteiger partial charge in [0.25, 0.3) is 5.91 Å². The maximum atomic E-state index is 13.6. The first-order chi connectivity index (χ1) is 17.0. The maximum absolute atomic E-state index is 13.6. The van der Waals surface area contributed by atoms with Crippen molar-refractivity contribution < 1.29 is 14.3 Å². The van der Waals surface area contributed by atoms with Gasteiger partial charge < -0.3 is 19.7 Å². The molecule has 0 bridgehead atoms. The first-order valence-electron chi connectivity index (χ1n) is 12.6. The summed E-state index contributed by atoms with van der Waals surface area (Å²) in [6, 6.07) is 23.3. The molecular weight excluding hydrogens is 436 g/mol. The number of carbonyl (C=O) groups is 1. The summed E-state index contributed by atoms with van der Waals surface area (Å²) in [4.78, 5) is 15.7. The van der Waals surface area contributed by atoms with Crippen molar-refractivity contribution >= 4 is 5.91 Å². The molecule has 2 heterocycles. The van der Waals surface area contributed by atoms with E-state index in [4.69, 9.17) is 9.47 Å². The Hall–Kier alpha value is -3.31. The predicted molar refractivity (Wildman–Crippen MR) is 138 cm³/mol. The normalized spacial score (nSPS) is 19.4. The lowest BCUT2D eigenvalue weighted by atomic mass is 9.91. The molecule has 1 saturated heterocycles.